The molecule has 10 heteroatoms. The number of amides is 2. The number of hydrogen-bond acceptors (Lipinski definition) is 8. The second-order valence-electron chi connectivity index (χ2n) is 6.42. The Morgan fingerprint density at radius 2 is 1.79 bits per heavy atom. The molecule has 1 aliphatic heterocycles. The molecule has 0 spiro atoms. The van der Waals surface area contributed by atoms with Gasteiger partial charge in [0.25, 0.3) is 5.91 Å². The van der Waals surface area contributed by atoms with E-state index in [1.54, 1.807) is 24.0 Å². The molecular weight excluding hydrogens is 384 g/mol. The summed E-state index contributed by atoms with van der Waals surface area (Å²) in [5, 5.41) is 0.752. The van der Waals surface area contributed by atoms with Gasteiger partial charge in [0, 0.05) is 33.3 Å². The van der Waals surface area contributed by atoms with Crippen LogP contribution in [0.15, 0.2) is 0 Å². The number of ether oxygens (including phenoxy) is 3. The Morgan fingerprint density at radius 1 is 1.07 bits per heavy atom. The quantitative estimate of drug-likeness (QED) is 0.764. The Kier molecular flexibility index (Phi) is 6.30. The number of aryl methyl sites for hydroxylation is 1. The third-order valence-corrected chi connectivity index (χ3v) is 5.85. The molecule has 2 aromatic heterocycles. The van der Waals surface area contributed by atoms with Crippen molar-refractivity contribution in [2.75, 3.05) is 47.5 Å². The van der Waals surface area contributed by atoms with Crippen LogP contribution in [0.4, 0.5) is 4.79 Å². The first kappa shape index (κ1) is 20.3. The van der Waals surface area contributed by atoms with Crippen molar-refractivity contribution in [3.63, 3.8) is 0 Å². The van der Waals surface area contributed by atoms with E-state index in [1.165, 1.54) is 18.4 Å². The minimum Gasteiger partial charge on any atom is -0.480 e. The highest BCUT2D eigenvalue weighted by Gasteiger charge is 2.27. The summed E-state index contributed by atoms with van der Waals surface area (Å²) in [5.74, 6) is 0.885. The van der Waals surface area contributed by atoms with Crippen LogP contribution in [0.5, 0.6) is 5.88 Å². The Morgan fingerprint density at radius 3 is 2.46 bits per heavy atom. The van der Waals surface area contributed by atoms with Gasteiger partial charge in [-0.25, -0.2) is 9.78 Å². The van der Waals surface area contributed by atoms with Gasteiger partial charge in [-0.15, -0.1) is 11.3 Å². The summed E-state index contributed by atoms with van der Waals surface area (Å²) in [6.07, 6.45) is 0.337. The lowest BCUT2D eigenvalue weighted by atomic mass is 10.2. The van der Waals surface area contributed by atoms with Gasteiger partial charge in [0.15, 0.2) is 5.82 Å². The molecule has 0 unspecified atom stereocenters. The summed E-state index contributed by atoms with van der Waals surface area (Å²) >= 11 is 1.33. The fourth-order valence-electron chi connectivity index (χ4n) is 3.27. The van der Waals surface area contributed by atoms with Crippen LogP contribution in [0.3, 0.4) is 0 Å². The zero-order chi connectivity index (χ0) is 20.3. The predicted octanol–water partition coefficient (Wildman–Crippen LogP) is 2.07. The van der Waals surface area contributed by atoms with Gasteiger partial charge in [0.1, 0.15) is 11.4 Å². The standard InChI is InChI=1S/C18H24N4O5S/c1-11-13-15(26-3)19-12(10-25-2)20-16(13)28-14(11)17(23)21-6-5-7-22(9-8-21)18(24)27-4/h5-10H2,1-4H3. The molecule has 2 aromatic rings. The van der Waals surface area contributed by atoms with E-state index in [0.717, 1.165) is 10.9 Å². The molecule has 2 amide bonds. The summed E-state index contributed by atoms with van der Waals surface area (Å²) in [6.45, 7) is 4.20. The van der Waals surface area contributed by atoms with Crippen molar-refractivity contribution in [3.8, 4) is 5.88 Å². The van der Waals surface area contributed by atoms with Gasteiger partial charge in [-0.1, -0.05) is 0 Å². The lowest BCUT2D eigenvalue weighted by Crippen LogP contribution is -2.37. The monoisotopic (exact) mass is 408 g/mol. The average molecular weight is 408 g/mol. The molecule has 1 fully saturated rings. The molecular formula is C18H24N4O5S. The highest BCUT2D eigenvalue weighted by atomic mass is 32.1. The number of nitrogens with zero attached hydrogens (tertiary/aromatic N) is 4. The molecule has 1 aliphatic rings. The van der Waals surface area contributed by atoms with Crippen molar-refractivity contribution in [1.82, 2.24) is 19.8 Å². The summed E-state index contributed by atoms with van der Waals surface area (Å²) in [4.78, 5) is 38.5. The van der Waals surface area contributed by atoms with Gasteiger partial charge in [-0.2, -0.15) is 4.98 Å². The minimum absolute atomic E-state index is 0.0671. The van der Waals surface area contributed by atoms with Gasteiger partial charge in [0.05, 0.1) is 24.5 Å². The zero-order valence-electron chi connectivity index (χ0n) is 16.5. The molecule has 1 saturated heterocycles. The number of aromatic nitrogens is 2. The third-order valence-electron chi connectivity index (χ3n) is 4.68. The molecule has 0 atom stereocenters. The zero-order valence-corrected chi connectivity index (χ0v) is 17.3. The van der Waals surface area contributed by atoms with Crippen LogP contribution in [0, 0.1) is 6.92 Å². The number of rotatable bonds is 4. The molecule has 28 heavy (non-hydrogen) atoms. The second-order valence-corrected chi connectivity index (χ2v) is 7.42. The summed E-state index contributed by atoms with van der Waals surface area (Å²) in [7, 11) is 4.49. The van der Waals surface area contributed by atoms with E-state index in [4.69, 9.17) is 14.2 Å². The Hall–Kier alpha value is -2.46. The summed E-state index contributed by atoms with van der Waals surface area (Å²) in [5.41, 5.74) is 0.805. The first-order valence-electron chi connectivity index (χ1n) is 8.95. The molecule has 0 bridgehead atoms. The largest absolute Gasteiger partial charge is 0.480 e. The van der Waals surface area contributed by atoms with Gasteiger partial charge < -0.3 is 24.0 Å². The van der Waals surface area contributed by atoms with E-state index in [1.807, 2.05) is 6.92 Å². The normalized spacial score (nSPS) is 14.9. The lowest BCUT2D eigenvalue weighted by molar-refractivity contribution is 0.0761. The van der Waals surface area contributed by atoms with E-state index in [9.17, 15) is 9.59 Å². The van der Waals surface area contributed by atoms with E-state index >= 15 is 0 Å². The molecule has 3 rings (SSSR count). The van der Waals surface area contributed by atoms with Crippen molar-refractivity contribution < 1.29 is 23.8 Å². The molecule has 3 heterocycles. The van der Waals surface area contributed by atoms with Gasteiger partial charge >= 0.3 is 6.09 Å². The Balaban J connectivity index is 1.89. The number of hydrogen-bond donors (Lipinski definition) is 0. The van der Waals surface area contributed by atoms with Crippen LogP contribution in [-0.4, -0.2) is 79.3 Å². The van der Waals surface area contributed by atoms with Crippen molar-refractivity contribution in [1.29, 1.82) is 0 Å². The van der Waals surface area contributed by atoms with Crippen LogP contribution in [-0.2, 0) is 16.1 Å². The number of thiophene rings is 1. The van der Waals surface area contributed by atoms with E-state index in [2.05, 4.69) is 9.97 Å². The maximum absolute atomic E-state index is 13.2. The Bertz CT molecular complexity index is 884. The summed E-state index contributed by atoms with van der Waals surface area (Å²) in [6, 6.07) is 0. The number of carbonyl (C=O) groups excluding carboxylic acids is 2. The Labute approximate surface area is 167 Å². The average Bonchev–Trinajstić information content (AvgIpc) is 2.88. The smallest absolute Gasteiger partial charge is 0.409 e. The number of carbonyl (C=O) groups is 2. The SMILES string of the molecule is COCc1nc(OC)c2c(C)c(C(=O)N3CCCN(C(=O)OC)CC3)sc2n1. The first-order chi connectivity index (χ1) is 13.5. The van der Waals surface area contributed by atoms with E-state index in [0.29, 0.717) is 54.0 Å². The van der Waals surface area contributed by atoms with Gasteiger partial charge in [-0.3, -0.25) is 4.79 Å². The van der Waals surface area contributed by atoms with E-state index in [-0.39, 0.29) is 18.6 Å². The van der Waals surface area contributed by atoms with Crippen LogP contribution >= 0.6 is 11.3 Å². The van der Waals surface area contributed by atoms with Gasteiger partial charge in [-0.05, 0) is 18.9 Å². The second kappa shape index (κ2) is 8.70. The summed E-state index contributed by atoms with van der Waals surface area (Å²) < 4.78 is 15.3. The molecule has 0 N–H and O–H groups in total. The molecule has 0 radical (unpaired) electrons. The molecule has 0 aromatic carbocycles. The topological polar surface area (TPSA) is 94.1 Å². The maximum Gasteiger partial charge on any atom is 0.409 e. The molecule has 9 nitrogen and oxygen atoms in total. The fourth-order valence-corrected chi connectivity index (χ4v) is 4.42. The van der Waals surface area contributed by atoms with Crippen molar-refractivity contribution in [3.05, 3.63) is 16.3 Å². The van der Waals surface area contributed by atoms with Crippen LogP contribution < -0.4 is 4.74 Å². The van der Waals surface area contributed by atoms with Crippen molar-refractivity contribution in [2.24, 2.45) is 0 Å². The highest BCUT2D eigenvalue weighted by molar-refractivity contribution is 7.20. The van der Waals surface area contributed by atoms with Crippen molar-refractivity contribution >= 4 is 33.6 Å². The maximum atomic E-state index is 13.2. The molecule has 152 valence electrons. The fraction of sp³-hybridized carbons (Fsp3) is 0.556. The molecule has 0 saturated carbocycles. The van der Waals surface area contributed by atoms with Crippen LogP contribution in [0.25, 0.3) is 10.2 Å². The third kappa shape index (κ3) is 3.88. The van der Waals surface area contributed by atoms with Crippen LogP contribution in [0.2, 0.25) is 0 Å². The molecule has 0 aliphatic carbocycles. The number of fused-ring (bicyclic) bond motifs is 1. The predicted molar refractivity (Wildman–Crippen MR) is 104 cm³/mol. The lowest BCUT2D eigenvalue weighted by Gasteiger charge is -2.21. The highest BCUT2D eigenvalue weighted by Crippen LogP contribution is 2.35. The van der Waals surface area contributed by atoms with E-state index < -0.39 is 0 Å². The first-order valence-corrected chi connectivity index (χ1v) is 9.76. The van der Waals surface area contributed by atoms with Crippen LogP contribution in [0.1, 0.15) is 27.5 Å². The van der Waals surface area contributed by atoms with Crippen molar-refractivity contribution in [2.45, 2.75) is 20.0 Å². The minimum atomic E-state index is -0.363. The number of methoxy groups -OCH3 is 3. The van der Waals surface area contributed by atoms with Gasteiger partial charge in [0.2, 0.25) is 5.88 Å².